The van der Waals surface area contributed by atoms with Gasteiger partial charge in [-0.2, -0.15) is 0 Å². The summed E-state index contributed by atoms with van der Waals surface area (Å²) in [5, 5.41) is 6.54. The van der Waals surface area contributed by atoms with Gasteiger partial charge in [0.05, 0.1) is 31.1 Å². The Morgan fingerprint density at radius 2 is 2.23 bits per heavy atom. The Hall–Kier alpha value is -2.81. The molecule has 0 unspecified atom stereocenters. The topological polar surface area (TPSA) is 110 Å². The summed E-state index contributed by atoms with van der Waals surface area (Å²) in [5.74, 6) is 0.314. The van der Waals surface area contributed by atoms with E-state index in [0.29, 0.717) is 37.6 Å². The van der Waals surface area contributed by atoms with Crippen LogP contribution in [0.25, 0.3) is 0 Å². The zero-order valence-corrected chi connectivity index (χ0v) is 14.8. The van der Waals surface area contributed by atoms with Crippen LogP contribution in [-0.2, 0) is 22.5 Å². The van der Waals surface area contributed by atoms with Gasteiger partial charge in [0.15, 0.2) is 5.82 Å². The number of hydrogen-bond acceptors (Lipinski definition) is 7. The van der Waals surface area contributed by atoms with Crippen LogP contribution in [0.3, 0.4) is 0 Å². The fraction of sp³-hybridized carbons (Fsp3) is 0.471. The SMILES string of the molecule is CCc1cc(C(=O)NCc2ccnc([C@@H]3CN(C(C)=O)CCO3)n2)on1. The number of carbonyl (C=O) groups is 2. The lowest BCUT2D eigenvalue weighted by molar-refractivity contribution is -0.136. The maximum absolute atomic E-state index is 12.1. The average Bonchev–Trinajstić information content (AvgIpc) is 3.16. The summed E-state index contributed by atoms with van der Waals surface area (Å²) in [6.07, 6.45) is 1.94. The smallest absolute Gasteiger partial charge is 0.290 e. The normalized spacial score (nSPS) is 17.2. The highest BCUT2D eigenvalue weighted by Crippen LogP contribution is 2.19. The third-order valence-corrected chi connectivity index (χ3v) is 4.11. The van der Waals surface area contributed by atoms with Crippen LogP contribution in [0.5, 0.6) is 0 Å². The highest BCUT2D eigenvalue weighted by molar-refractivity contribution is 5.91. The van der Waals surface area contributed by atoms with Gasteiger partial charge in [0.2, 0.25) is 11.7 Å². The minimum Gasteiger partial charge on any atom is -0.367 e. The number of hydrogen-bond donors (Lipinski definition) is 1. The molecule has 0 bridgehead atoms. The van der Waals surface area contributed by atoms with Crippen LogP contribution in [0.1, 0.15) is 47.7 Å². The molecule has 3 rings (SSSR count). The minimum absolute atomic E-state index is 0.000207. The molecular formula is C17H21N5O4. The van der Waals surface area contributed by atoms with Crippen molar-refractivity contribution in [1.82, 2.24) is 25.3 Å². The van der Waals surface area contributed by atoms with E-state index in [1.165, 1.54) is 6.92 Å². The lowest BCUT2D eigenvalue weighted by Crippen LogP contribution is -2.41. The van der Waals surface area contributed by atoms with Crippen molar-refractivity contribution in [3.05, 3.63) is 41.3 Å². The molecule has 1 aliphatic heterocycles. The van der Waals surface area contributed by atoms with Gasteiger partial charge in [-0.3, -0.25) is 9.59 Å². The van der Waals surface area contributed by atoms with Crippen molar-refractivity contribution < 1.29 is 18.8 Å². The van der Waals surface area contributed by atoms with Crippen molar-refractivity contribution >= 4 is 11.8 Å². The van der Waals surface area contributed by atoms with Crippen LogP contribution in [0.2, 0.25) is 0 Å². The lowest BCUT2D eigenvalue weighted by Gasteiger charge is -2.31. The minimum atomic E-state index is -0.371. The zero-order valence-electron chi connectivity index (χ0n) is 14.8. The number of ether oxygens (including phenoxy) is 1. The Kier molecular flexibility index (Phi) is 5.57. The standard InChI is InChI=1S/C17H21N5O4/c1-3-12-8-14(26-21-12)17(24)19-9-13-4-5-18-16(20-13)15-10-22(11(2)23)6-7-25-15/h4-5,8,15H,3,6-7,9-10H2,1-2H3,(H,19,24)/t15-/m0/s1. The fourth-order valence-corrected chi connectivity index (χ4v) is 2.60. The van der Waals surface area contributed by atoms with E-state index in [-0.39, 0.29) is 30.2 Å². The Bertz CT molecular complexity index is 791. The largest absolute Gasteiger partial charge is 0.367 e. The average molecular weight is 359 g/mol. The predicted molar refractivity (Wildman–Crippen MR) is 90.0 cm³/mol. The molecule has 0 aromatic carbocycles. The molecule has 2 amide bonds. The molecule has 0 saturated carbocycles. The molecule has 1 aliphatic rings. The summed E-state index contributed by atoms with van der Waals surface area (Å²) < 4.78 is 10.7. The van der Waals surface area contributed by atoms with Gasteiger partial charge in [0.25, 0.3) is 5.91 Å². The van der Waals surface area contributed by atoms with Crippen LogP contribution in [0, 0.1) is 0 Å². The quantitative estimate of drug-likeness (QED) is 0.843. The summed E-state index contributed by atoms with van der Waals surface area (Å²) in [6.45, 7) is 5.12. The van der Waals surface area contributed by atoms with Crippen LogP contribution < -0.4 is 5.32 Å². The Morgan fingerprint density at radius 3 is 2.96 bits per heavy atom. The van der Waals surface area contributed by atoms with Crippen molar-refractivity contribution in [2.24, 2.45) is 0 Å². The second-order valence-electron chi connectivity index (χ2n) is 5.95. The molecule has 3 heterocycles. The molecule has 1 fully saturated rings. The molecule has 26 heavy (non-hydrogen) atoms. The van der Waals surface area contributed by atoms with Gasteiger partial charge in [0.1, 0.15) is 6.10 Å². The summed E-state index contributed by atoms with van der Waals surface area (Å²) in [5.41, 5.74) is 1.37. The van der Waals surface area contributed by atoms with Crippen LogP contribution in [0.15, 0.2) is 22.9 Å². The van der Waals surface area contributed by atoms with Gasteiger partial charge in [-0.05, 0) is 12.5 Å². The first-order valence-electron chi connectivity index (χ1n) is 8.49. The van der Waals surface area contributed by atoms with Gasteiger partial charge in [0, 0.05) is 25.7 Å². The maximum Gasteiger partial charge on any atom is 0.290 e. The van der Waals surface area contributed by atoms with Crippen LogP contribution in [0.4, 0.5) is 0 Å². The predicted octanol–water partition coefficient (Wildman–Crippen LogP) is 0.877. The number of carbonyl (C=O) groups excluding carboxylic acids is 2. The van der Waals surface area contributed by atoms with E-state index in [0.717, 1.165) is 5.69 Å². The number of nitrogens with zero attached hydrogens (tertiary/aromatic N) is 4. The van der Waals surface area contributed by atoms with Crippen molar-refractivity contribution in [2.75, 3.05) is 19.7 Å². The third-order valence-electron chi connectivity index (χ3n) is 4.11. The van der Waals surface area contributed by atoms with Gasteiger partial charge >= 0.3 is 0 Å². The molecule has 0 spiro atoms. The number of morpholine rings is 1. The third kappa shape index (κ3) is 4.23. The Balaban J connectivity index is 1.62. The Labute approximate surface area is 150 Å². The van der Waals surface area contributed by atoms with Crippen molar-refractivity contribution in [1.29, 1.82) is 0 Å². The number of amides is 2. The van der Waals surface area contributed by atoms with E-state index >= 15 is 0 Å². The molecule has 1 saturated heterocycles. The molecule has 0 radical (unpaired) electrons. The van der Waals surface area contributed by atoms with E-state index in [1.807, 2.05) is 6.92 Å². The Morgan fingerprint density at radius 1 is 1.38 bits per heavy atom. The number of aryl methyl sites for hydroxylation is 1. The lowest BCUT2D eigenvalue weighted by atomic mass is 10.2. The van der Waals surface area contributed by atoms with Crippen LogP contribution in [-0.4, -0.2) is 51.5 Å². The van der Waals surface area contributed by atoms with Crippen LogP contribution >= 0.6 is 0 Å². The first-order chi connectivity index (χ1) is 12.6. The first-order valence-corrected chi connectivity index (χ1v) is 8.49. The molecule has 1 atom stereocenters. The fourth-order valence-electron chi connectivity index (χ4n) is 2.60. The van der Waals surface area contributed by atoms with E-state index in [2.05, 4.69) is 20.4 Å². The van der Waals surface area contributed by atoms with E-state index in [1.54, 1.807) is 23.2 Å². The number of aromatic nitrogens is 3. The second kappa shape index (κ2) is 8.05. The summed E-state index contributed by atoms with van der Waals surface area (Å²) in [4.78, 5) is 34.0. The maximum atomic E-state index is 12.1. The molecule has 9 nitrogen and oxygen atoms in total. The van der Waals surface area contributed by atoms with Gasteiger partial charge in [-0.15, -0.1) is 0 Å². The van der Waals surface area contributed by atoms with E-state index in [4.69, 9.17) is 9.26 Å². The van der Waals surface area contributed by atoms with Crippen molar-refractivity contribution in [3.8, 4) is 0 Å². The van der Waals surface area contributed by atoms with Gasteiger partial charge in [-0.1, -0.05) is 12.1 Å². The van der Waals surface area contributed by atoms with E-state index < -0.39 is 0 Å². The van der Waals surface area contributed by atoms with Gasteiger partial charge < -0.3 is 19.5 Å². The monoisotopic (exact) mass is 359 g/mol. The molecular weight excluding hydrogens is 338 g/mol. The summed E-state index contributed by atoms with van der Waals surface area (Å²) in [7, 11) is 0. The highest BCUT2D eigenvalue weighted by atomic mass is 16.5. The molecule has 138 valence electrons. The van der Waals surface area contributed by atoms with Crippen molar-refractivity contribution in [3.63, 3.8) is 0 Å². The molecule has 0 aliphatic carbocycles. The highest BCUT2D eigenvalue weighted by Gasteiger charge is 2.25. The number of rotatable bonds is 5. The summed E-state index contributed by atoms with van der Waals surface area (Å²) >= 11 is 0. The zero-order chi connectivity index (χ0) is 18.5. The molecule has 9 heteroatoms. The summed E-state index contributed by atoms with van der Waals surface area (Å²) in [6, 6.07) is 3.33. The van der Waals surface area contributed by atoms with E-state index in [9.17, 15) is 9.59 Å². The molecule has 1 N–H and O–H groups in total. The molecule has 2 aromatic rings. The second-order valence-corrected chi connectivity index (χ2v) is 5.95. The number of nitrogens with one attached hydrogen (secondary N) is 1. The van der Waals surface area contributed by atoms with Gasteiger partial charge in [-0.25, -0.2) is 9.97 Å². The first kappa shape index (κ1) is 18.0. The van der Waals surface area contributed by atoms with Crippen molar-refractivity contribution in [2.45, 2.75) is 32.9 Å². The molecule has 2 aromatic heterocycles.